The molecule has 2 saturated carbocycles. The van der Waals surface area contributed by atoms with E-state index in [0.717, 1.165) is 26.5 Å². The maximum absolute atomic E-state index is 13.0. The van der Waals surface area contributed by atoms with E-state index in [2.05, 4.69) is 32.2 Å². The molecule has 2 aliphatic carbocycles. The summed E-state index contributed by atoms with van der Waals surface area (Å²) in [7, 11) is 0. The highest BCUT2D eigenvalue weighted by atomic mass is 32.2. The van der Waals surface area contributed by atoms with Crippen LogP contribution in [0.4, 0.5) is 5.69 Å². The topological polar surface area (TPSA) is 59.8 Å². The van der Waals surface area contributed by atoms with E-state index >= 15 is 0 Å². The lowest BCUT2D eigenvalue weighted by Crippen LogP contribution is -2.23. The average Bonchev–Trinajstić information content (AvgIpc) is 3.69. The molecule has 1 heterocycles. The van der Waals surface area contributed by atoms with Crippen molar-refractivity contribution in [2.24, 2.45) is 0 Å². The summed E-state index contributed by atoms with van der Waals surface area (Å²) in [4.78, 5) is 15.2. The van der Waals surface area contributed by atoms with Gasteiger partial charge in [0.1, 0.15) is 5.82 Å². The normalized spacial score (nSPS) is 17.0. The number of hydrogen-bond acceptors (Lipinski definition) is 5. The SMILES string of the molecule is CC(Sc1nnc(C2CC2)n1C1CC1)C(=O)Nc1ccccc1Sc1ccccc1. The molecule has 0 aliphatic heterocycles. The number of hydrogen-bond donors (Lipinski definition) is 1. The number of nitrogens with one attached hydrogen (secondary N) is 1. The van der Waals surface area contributed by atoms with Gasteiger partial charge in [0.05, 0.1) is 10.9 Å². The Morgan fingerprint density at radius 3 is 2.50 bits per heavy atom. The Kier molecular flexibility index (Phi) is 5.56. The standard InChI is InChI=1S/C23H24N4OS2/c1-15(29-23-26-25-21(16-11-12-16)27(23)17-13-14-17)22(28)24-19-9-5-6-10-20(19)30-18-7-3-2-4-8-18/h2-10,15-17H,11-14H2,1H3,(H,24,28). The minimum atomic E-state index is -0.256. The molecular weight excluding hydrogens is 412 g/mol. The third-order valence-electron chi connectivity index (χ3n) is 5.31. The van der Waals surface area contributed by atoms with Gasteiger partial charge in [-0.25, -0.2) is 0 Å². The van der Waals surface area contributed by atoms with Crippen LogP contribution in [0.2, 0.25) is 0 Å². The van der Waals surface area contributed by atoms with Crippen LogP contribution in [0.1, 0.15) is 50.4 Å². The second-order valence-electron chi connectivity index (χ2n) is 7.88. The number of amides is 1. The first-order valence-electron chi connectivity index (χ1n) is 10.4. The van der Waals surface area contributed by atoms with Crippen molar-refractivity contribution in [3.8, 4) is 0 Å². The van der Waals surface area contributed by atoms with Crippen LogP contribution in [0.25, 0.3) is 0 Å². The summed E-state index contributed by atoms with van der Waals surface area (Å²) < 4.78 is 2.30. The fraction of sp³-hybridized carbons (Fsp3) is 0.348. The molecule has 1 N–H and O–H groups in total. The summed E-state index contributed by atoms with van der Waals surface area (Å²) in [5.74, 6) is 1.68. The maximum Gasteiger partial charge on any atom is 0.237 e. The van der Waals surface area contributed by atoms with Crippen molar-refractivity contribution in [3.63, 3.8) is 0 Å². The Balaban J connectivity index is 1.28. The number of anilines is 1. The van der Waals surface area contributed by atoms with Crippen LogP contribution in [-0.4, -0.2) is 25.9 Å². The third-order valence-corrected chi connectivity index (χ3v) is 7.45. The fourth-order valence-corrected chi connectivity index (χ4v) is 5.23. The van der Waals surface area contributed by atoms with Crippen molar-refractivity contribution in [1.29, 1.82) is 0 Å². The number of benzene rings is 2. The summed E-state index contributed by atoms with van der Waals surface area (Å²) in [6, 6.07) is 18.7. The lowest BCUT2D eigenvalue weighted by Gasteiger charge is -2.15. The zero-order valence-electron chi connectivity index (χ0n) is 16.8. The lowest BCUT2D eigenvalue weighted by molar-refractivity contribution is -0.115. The molecule has 0 saturated heterocycles. The molecule has 0 bridgehead atoms. The smallest absolute Gasteiger partial charge is 0.237 e. The van der Waals surface area contributed by atoms with Gasteiger partial charge in [-0.05, 0) is 56.9 Å². The second kappa shape index (κ2) is 8.47. The van der Waals surface area contributed by atoms with Crippen molar-refractivity contribution >= 4 is 35.1 Å². The van der Waals surface area contributed by atoms with Gasteiger partial charge in [-0.1, -0.05) is 53.9 Å². The van der Waals surface area contributed by atoms with Crippen LogP contribution in [-0.2, 0) is 4.79 Å². The predicted molar refractivity (Wildman–Crippen MR) is 121 cm³/mol. The van der Waals surface area contributed by atoms with Crippen LogP contribution < -0.4 is 5.32 Å². The first-order chi connectivity index (χ1) is 14.7. The van der Waals surface area contributed by atoms with Gasteiger partial charge in [0.25, 0.3) is 0 Å². The summed E-state index contributed by atoms with van der Waals surface area (Å²) in [5.41, 5.74) is 0.839. The summed E-state index contributed by atoms with van der Waals surface area (Å²) in [6.45, 7) is 1.94. The van der Waals surface area contributed by atoms with Gasteiger partial charge in [-0.3, -0.25) is 4.79 Å². The first kappa shape index (κ1) is 19.7. The molecular formula is C23H24N4OS2. The molecule has 2 aromatic carbocycles. The number of aromatic nitrogens is 3. The molecule has 0 radical (unpaired) electrons. The van der Waals surface area contributed by atoms with E-state index in [4.69, 9.17) is 0 Å². The van der Waals surface area contributed by atoms with Crippen molar-refractivity contribution in [3.05, 3.63) is 60.4 Å². The number of rotatable bonds is 8. The monoisotopic (exact) mass is 436 g/mol. The van der Waals surface area contributed by atoms with Crippen molar-refractivity contribution in [2.45, 2.75) is 64.8 Å². The Morgan fingerprint density at radius 1 is 1.03 bits per heavy atom. The number of para-hydroxylation sites is 1. The lowest BCUT2D eigenvalue weighted by atomic mass is 10.3. The van der Waals surface area contributed by atoms with Crippen LogP contribution in [0.3, 0.4) is 0 Å². The quantitative estimate of drug-likeness (QED) is 0.455. The zero-order valence-corrected chi connectivity index (χ0v) is 18.5. The molecule has 1 amide bonds. The van der Waals surface area contributed by atoms with Gasteiger partial charge in [0.15, 0.2) is 5.16 Å². The fourth-order valence-electron chi connectivity index (χ4n) is 3.38. The molecule has 2 fully saturated rings. The van der Waals surface area contributed by atoms with E-state index in [1.807, 2.05) is 49.4 Å². The van der Waals surface area contributed by atoms with Crippen LogP contribution >= 0.6 is 23.5 Å². The summed E-state index contributed by atoms with van der Waals surface area (Å²) >= 11 is 3.16. The molecule has 5 nitrogen and oxygen atoms in total. The van der Waals surface area contributed by atoms with E-state index in [0.29, 0.717) is 12.0 Å². The Morgan fingerprint density at radius 2 is 1.77 bits per heavy atom. The van der Waals surface area contributed by atoms with E-state index in [1.54, 1.807) is 11.8 Å². The minimum Gasteiger partial charge on any atom is -0.324 e. The van der Waals surface area contributed by atoms with E-state index in [9.17, 15) is 4.79 Å². The molecule has 3 aromatic rings. The molecule has 0 spiro atoms. The largest absolute Gasteiger partial charge is 0.324 e. The number of nitrogens with zero attached hydrogens (tertiary/aromatic N) is 3. The summed E-state index contributed by atoms with van der Waals surface area (Å²) in [5, 5.41) is 12.6. The van der Waals surface area contributed by atoms with Crippen LogP contribution in [0.5, 0.6) is 0 Å². The predicted octanol–water partition coefficient (Wildman–Crippen LogP) is 5.76. The Bertz CT molecular complexity index is 1040. The average molecular weight is 437 g/mol. The van der Waals surface area contributed by atoms with E-state index in [1.165, 1.54) is 37.4 Å². The second-order valence-corrected chi connectivity index (χ2v) is 10.3. The van der Waals surface area contributed by atoms with Crippen LogP contribution in [0, 0.1) is 0 Å². The van der Waals surface area contributed by atoms with Crippen LogP contribution in [0.15, 0.2) is 69.5 Å². The number of thioether (sulfide) groups is 1. The molecule has 30 heavy (non-hydrogen) atoms. The van der Waals surface area contributed by atoms with Gasteiger partial charge in [-0.2, -0.15) is 0 Å². The number of carbonyl (C=O) groups excluding carboxylic acids is 1. The first-order valence-corrected chi connectivity index (χ1v) is 12.1. The van der Waals surface area contributed by atoms with Crippen molar-refractivity contribution in [1.82, 2.24) is 14.8 Å². The van der Waals surface area contributed by atoms with Gasteiger partial charge < -0.3 is 9.88 Å². The Hall–Kier alpha value is -2.25. The molecule has 5 rings (SSSR count). The summed E-state index contributed by atoms with van der Waals surface area (Å²) in [6.07, 6.45) is 4.80. The maximum atomic E-state index is 13.0. The number of carbonyl (C=O) groups is 1. The minimum absolute atomic E-state index is 0.0144. The van der Waals surface area contributed by atoms with Crippen molar-refractivity contribution in [2.75, 3.05) is 5.32 Å². The highest BCUT2D eigenvalue weighted by Gasteiger charge is 2.37. The molecule has 2 aliphatic rings. The highest BCUT2D eigenvalue weighted by Crippen LogP contribution is 2.46. The molecule has 7 heteroatoms. The highest BCUT2D eigenvalue weighted by molar-refractivity contribution is 8.00. The van der Waals surface area contributed by atoms with Gasteiger partial charge in [0.2, 0.25) is 5.91 Å². The Labute approximate surface area is 185 Å². The third kappa shape index (κ3) is 4.42. The molecule has 1 aromatic heterocycles. The zero-order chi connectivity index (χ0) is 20.5. The van der Waals surface area contributed by atoms with E-state index < -0.39 is 0 Å². The van der Waals surface area contributed by atoms with Gasteiger partial charge in [0, 0.05) is 21.8 Å². The van der Waals surface area contributed by atoms with Gasteiger partial charge in [-0.15, -0.1) is 10.2 Å². The van der Waals surface area contributed by atoms with Crippen molar-refractivity contribution < 1.29 is 4.79 Å². The molecule has 1 atom stereocenters. The van der Waals surface area contributed by atoms with E-state index in [-0.39, 0.29) is 11.2 Å². The molecule has 1 unspecified atom stereocenters. The van der Waals surface area contributed by atoms with Gasteiger partial charge >= 0.3 is 0 Å². The molecule has 154 valence electrons.